The molecular formula is C18H14Cl3N3O3S. The van der Waals surface area contributed by atoms with Crippen LogP contribution in [-0.2, 0) is 9.59 Å². The van der Waals surface area contributed by atoms with E-state index in [1.54, 1.807) is 31.3 Å². The Morgan fingerprint density at radius 3 is 2.43 bits per heavy atom. The maximum atomic E-state index is 12.5. The number of amidine groups is 1. The standard InChI is InChI=1S/C18H14Cl3N3O3S/c1-24-17(27)14(8-15(25)22-10-4-2-9(19)3-5-10)28-18(24)23-11-6-12(20)16(26)13(21)7-11/h2-7,14,26H,8H2,1H3,(H,22,25)/t14-/m1/s1. The number of rotatable bonds is 4. The second-order valence-electron chi connectivity index (χ2n) is 5.92. The van der Waals surface area contributed by atoms with Crippen LogP contribution in [0.5, 0.6) is 5.75 Å². The molecular weight excluding hydrogens is 445 g/mol. The minimum absolute atomic E-state index is 0.00736. The Morgan fingerprint density at radius 2 is 1.82 bits per heavy atom. The van der Waals surface area contributed by atoms with Crippen molar-refractivity contribution < 1.29 is 14.7 Å². The summed E-state index contributed by atoms with van der Waals surface area (Å²) in [6.45, 7) is 0. The molecule has 2 aromatic carbocycles. The lowest BCUT2D eigenvalue weighted by Crippen LogP contribution is -2.30. The fourth-order valence-corrected chi connectivity index (χ4v) is 4.19. The highest BCUT2D eigenvalue weighted by Crippen LogP contribution is 2.37. The summed E-state index contributed by atoms with van der Waals surface area (Å²) in [5.41, 5.74) is 0.988. The van der Waals surface area contributed by atoms with Gasteiger partial charge in [-0.2, -0.15) is 0 Å². The average molecular weight is 459 g/mol. The number of phenolic OH excluding ortho intramolecular Hbond substituents is 1. The fourth-order valence-electron chi connectivity index (χ4n) is 2.44. The van der Waals surface area contributed by atoms with Crippen LogP contribution in [0.1, 0.15) is 6.42 Å². The van der Waals surface area contributed by atoms with Gasteiger partial charge in [0.25, 0.3) is 0 Å². The van der Waals surface area contributed by atoms with Crippen LogP contribution in [0.15, 0.2) is 41.4 Å². The molecule has 0 aromatic heterocycles. The third-order valence-electron chi connectivity index (χ3n) is 3.87. The van der Waals surface area contributed by atoms with Gasteiger partial charge in [-0.25, -0.2) is 4.99 Å². The van der Waals surface area contributed by atoms with Gasteiger partial charge >= 0.3 is 0 Å². The molecule has 2 amide bonds. The van der Waals surface area contributed by atoms with E-state index in [2.05, 4.69) is 10.3 Å². The van der Waals surface area contributed by atoms with Crippen molar-refractivity contribution in [2.45, 2.75) is 11.7 Å². The van der Waals surface area contributed by atoms with Gasteiger partial charge in [0, 0.05) is 24.2 Å². The number of carbonyl (C=O) groups is 2. The van der Waals surface area contributed by atoms with E-state index in [-0.39, 0.29) is 34.0 Å². The Kier molecular flexibility index (Phi) is 6.40. The van der Waals surface area contributed by atoms with Crippen molar-refractivity contribution in [3.8, 4) is 5.75 Å². The first-order valence-corrected chi connectivity index (χ1v) is 10.0. The first-order valence-electron chi connectivity index (χ1n) is 8.01. The number of thioether (sulfide) groups is 1. The SMILES string of the molecule is CN1C(=O)[C@@H](CC(=O)Nc2ccc(Cl)cc2)SC1=Nc1cc(Cl)c(O)c(Cl)c1. The summed E-state index contributed by atoms with van der Waals surface area (Å²) >= 11 is 18.8. The van der Waals surface area contributed by atoms with Crippen molar-refractivity contribution in [1.29, 1.82) is 0 Å². The molecule has 1 heterocycles. The molecule has 0 bridgehead atoms. The summed E-state index contributed by atoms with van der Waals surface area (Å²) in [7, 11) is 1.58. The predicted octanol–water partition coefficient (Wildman–Crippen LogP) is 4.94. The van der Waals surface area contributed by atoms with E-state index in [0.717, 1.165) is 0 Å². The van der Waals surface area contributed by atoms with Gasteiger partial charge in [-0.05, 0) is 36.4 Å². The van der Waals surface area contributed by atoms with E-state index in [9.17, 15) is 14.7 Å². The lowest BCUT2D eigenvalue weighted by molar-refractivity contribution is -0.127. The van der Waals surface area contributed by atoms with Gasteiger partial charge in [0.05, 0.1) is 15.7 Å². The molecule has 0 radical (unpaired) electrons. The number of anilines is 1. The minimum atomic E-state index is -0.598. The quantitative estimate of drug-likeness (QED) is 0.680. The third kappa shape index (κ3) is 4.72. The van der Waals surface area contributed by atoms with Gasteiger partial charge in [0.15, 0.2) is 10.9 Å². The van der Waals surface area contributed by atoms with Gasteiger partial charge in [0.1, 0.15) is 5.25 Å². The molecule has 1 fully saturated rings. The van der Waals surface area contributed by atoms with Gasteiger partial charge in [0.2, 0.25) is 11.8 Å². The van der Waals surface area contributed by atoms with Crippen LogP contribution in [0.4, 0.5) is 11.4 Å². The Hall–Kier alpha value is -1.93. The molecule has 0 saturated carbocycles. The summed E-state index contributed by atoms with van der Waals surface area (Å²) in [4.78, 5) is 30.5. The summed E-state index contributed by atoms with van der Waals surface area (Å²) in [6, 6.07) is 9.57. The summed E-state index contributed by atoms with van der Waals surface area (Å²) < 4.78 is 0. The first kappa shape index (κ1) is 20.8. The van der Waals surface area contributed by atoms with E-state index in [4.69, 9.17) is 34.8 Å². The Bertz CT molecular complexity index is 943. The third-order valence-corrected chi connectivity index (χ3v) is 5.92. The van der Waals surface area contributed by atoms with Crippen LogP contribution >= 0.6 is 46.6 Å². The van der Waals surface area contributed by atoms with Gasteiger partial charge in [-0.1, -0.05) is 46.6 Å². The van der Waals surface area contributed by atoms with E-state index < -0.39 is 5.25 Å². The number of benzene rings is 2. The number of hydrogen-bond acceptors (Lipinski definition) is 5. The molecule has 1 aliphatic heterocycles. The molecule has 2 aromatic rings. The van der Waals surface area contributed by atoms with Gasteiger partial charge in [-0.15, -0.1) is 0 Å². The number of aromatic hydroxyl groups is 1. The Morgan fingerprint density at radius 1 is 1.21 bits per heavy atom. The number of aliphatic imine (C=N–C) groups is 1. The molecule has 28 heavy (non-hydrogen) atoms. The number of amides is 2. The van der Waals surface area contributed by atoms with Crippen molar-refractivity contribution in [1.82, 2.24) is 4.90 Å². The summed E-state index contributed by atoms with van der Waals surface area (Å²) in [6.07, 6.45) is -0.00736. The number of phenols is 1. The summed E-state index contributed by atoms with van der Waals surface area (Å²) in [5, 5.41) is 12.9. The van der Waals surface area contributed by atoms with Crippen LogP contribution in [0.3, 0.4) is 0 Å². The Balaban J connectivity index is 1.70. The van der Waals surface area contributed by atoms with Crippen LogP contribution in [0.2, 0.25) is 15.1 Å². The van der Waals surface area contributed by atoms with E-state index >= 15 is 0 Å². The predicted molar refractivity (Wildman–Crippen MR) is 114 cm³/mol. The number of halogens is 3. The van der Waals surface area contributed by atoms with Crippen molar-refractivity contribution >= 4 is 74.9 Å². The van der Waals surface area contributed by atoms with Gasteiger partial charge < -0.3 is 10.4 Å². The Labute approximate surface area is 180 Å². The number of nitrogens with zero attached hydrogens (tertiary/aromatic N) is 2. The molecule has 3 rings (SSSR count). The van der Waals surface area contributed by atoms with Crippen molar-refractivity contribution in [2.24, 2.45) is 4.99 Å². The molecule has 1 aliphatic rings. The highest BCUT2D eigenvalue weighted by Gasteiger charge is 2.37. The molecule has 10 heteroatoms. The molecule has 6 nitrogen and oxygen atoms in total. The molecule has 2 N–H and O–H groups in total. The topological polar surface area (TPSA) is 82.0 Å². The van der Waals surface area contributed by atoms with Crippen LogP contribution in [0, 0.1) is 0 Å². The normalized spacial score (nSPS) is 18.0. The average Bonchev–Trinajstić information content (AvgIpc) is 2.89. The second-order valence-corrected chi connectivity index (χ2v) is 8.34. The molecule has 1 atom stereocenters. The lowest BCUT2D eigenvalue weighted by Gasteiger charge is -2.09. The van der Waals surface area contributed by atoms with E-state index in [1.807, 2.05) is 0 Å². The van der Waals surface area contributed by atoms with Crippen LogP contribution < -0.4 is 5.32 Å². The van der Waals surface area contributed by atoms with E-state index in [1.165, 1.54) is 28.8 Å². The fraction of sp³-hybridized carbons (Fsp3) is 0.167. The number of nitrogens with one attached hydrogen (secondary N) is 1. The minimum Gasteiger partial charge on any atom is -0.505 e. The zero-order valence-corrected chi connectivity index (χ0v) is 17.5. The largest absolute Gasteiger partial charge is 0.505 e. The monoisotopic (exact) mass is 457 g/mol. The summed E-state index contributed by atoms with van der Waals surface area (Å²) in [5.74, 6) is -0.753. The van der Waals surface area contributed by atoms with Crippen LogP contribution in [-0.4, -0.2) is 39.3 Å². The van der Waals surface area contributed by atoms with Crippen molar-refractivity contribution in [3.63, 3.8) is 0 Å². The van der Waals surface area contributed by atoms with Crippen molar-refractivity contribution in [3.05, 3.63) is 51.5 Å². The lowest BCUT2D eigenvalue weighted by atomic mass is 10.2. The zero-order valence-electron chi connectivity index (χ0n) is 14.4. The maximum absolute atomic E-state index is 12.5. The van der Waals surface area contributed by atoms with E-state index in [0.29, 0.717) is 21.6 Å². The molecule has 0 spiro atoms. The number of carbonyl (C=O) groups excluding carboxylic acids is 2. The van der Waals surface area contributed by atoms with Crippen LogP contribution in [0.25, 0.3) is 0 Å². The van der Waals surface area contributed by atoms with Gasteiger partial charge in [-0.3, -0.25) is 14.5 Å². The first-order chi connectivity index (χ1) is 13.2. The highest BCUT2D eigenvalue weighted by molar-refractivity contribution is 8.15. The smallest absolute Gasteiger partial charge is 0.242 e. The number of hydrogen-bond donors (Lipinski definition) is 2. The molecule has 0 aliphatic carbocycles. The molecule has 1 saturated heterocycles. The van der Waals surface area contributed by atoms with Crippen molar-refractivity contribution in [2.75, 3.05) is 12.4 Å². The molecule has 146 valence electrons. The molecule has 0 unspecified atom stereocenters. The second kappa shape index (κ2) is 8.61. The maximum Gasteiger partial charge on any atom is 0.242 e. The zero-order chi connectivity index (χ0) is 20.4. The highest BCUT2D eigenvalue weighted by atomic mass is 35.5.